The molecule has 0 unspecified atom stereocenters. The third kappa shape index (κ3) is 4.91. The Hall–Kier alpha value is -2.84. The molecule has 0 bridgehead atoms. The van der Waals surface area contributed by atoms with Gasteiger partial charge in [-0.05, 0) is 48.8 Å². The van der Waals surface area contributed by atoms with Crippen LogP contribution in [-0.4, -0.2) is 44.7 Å². The lowest BCUT2D eigenvalue weighted by Crippen LogP contribution is -2.46. The maximum Gasteiger partial charge on any atom is 0.417 e. The molecule has 0 aliphatic carbocycles. The molecule has 0 aromatic heterocycles. The van der Waals surface area contributed by atoms with Crippen LogP contribution < -0.4 is 9.47 Å². The molecule has 7 nitrogen and oxygen atoms in total. The molecule has 1 fully saturated rings. The molecule has 2 amide bonds. The fourth-order valence-electron chi connectivity index (χ4n) is 4.24. The van der Waals surface area contributed by atoms with Crippen LogP contribution in [-0.2, 0) is 14.0 Å². The summed E-state index contributed by atoms with van der Waals surface area (Å²) in [6, 6.07) is 14.8. The average molecular weight is 470 g/mol. The van der Waals surface area contributed by atoms with Crippen molar-refractivity contribution >= 4 is 20.3 Å². The average Bonchev–Trinajstić information content (AvgIpc) is 3.39. The van der Waals surface area contributed by atoms with Crippen LogP contribution in [0.1, 0.15) is 37.0 Å². The van der Waals surface area contributed by atoms with Crippen LogP contribution in [0.3, 0.4) is 0 Å². The molecule has 176 valence electrons. The van der Waals surface area contributed by atoms with Gasteiger partial charge in [0.15, 0.2) is 19.8 Å². The molecule has 0 radical (unpaired) electrons. The van der Waals surface area contributed by atoms with Crippen LogP contribution in [0.2, 0.25) is 19.6 Å². The van der Waals surface area contributed by atoms with Crippen LogP contribution in [0.15, 0.2) is 48.5 Å². The van der Waals surface area contributed by atoms with Crippen LogP contribution in [0.4, 0.5) is 4.79 Å². The third-order valence-corrected chi connectivity index (χ3v) is 6.81. The Labute approximate surface area is 195 Å². The first-order valence-corrected chi connectivity index (χ1v) is 14.7. The summed E-state index contributed by atoms with van der Waals surface area (Å²) in [6.07, 6.45) is -1.18. The quantitative estimate of drug-likeness (QED) is 0.526. The van der Waals surface area contributed by atoms with E-state index in [1.165, 1.54) is 4.90 Å². The second kappa shape index (κ2) is 9.19. The number of cyclic esters (lactones) is 1. The van der Waals surface area contributed by atoms with Gasteiger partial charge in [-0.25, -0.2) is 9.69 Å². The van der Waals surface area contributed by atoms with Crippen LogP contribution in [0.25, 0.3) is 0 Å². The van der Waals surface area contributed by atoms with Gasteiger partial charge in [-0.1, -0.05) is 50.2 Å². The summed E-state index contributed by atoms with van der Waals surface area (Å²) < 4.78 is 23.0. The maximum absolute atomic E-state index is 14.2. The number of rotatable bonds is 7. The first kappa shape index (κ1) is 23.3. The van der Waals surface area contributed by atoms with Gasteiger partial charge in [0.25, 0.3) is 0 Å². The Morgan fingerprint density at radius 2 is 1.70 bits per heavy atom. The molecule has 2 heterocycles. The first-order valence-electron chi connectivity index (χ1n) is 11.3. The monoisotopic (exact) mass is 469 g/mol. The second-order valence-electron chi connectivity index (χ2n) is 9.75. The minimum atomic E-state index is -2.10. The number of nitrogens with zero attached hydrogens (tertiary/aromatic N) is 1. The van der Waals surface area contributed by atoms with E-state index in [-0.39, 0.29) is 31.3 Å². The highest BCUT2D eigenvalue weighted by atomic mass is 28.4. The summed E-state index contributed by atoms with van der Waals surface area (Å²) in [7, 11) is -2.10. The minimum Gasteiger partial charge on any atom is -0.454 e. The van der Waals surface area contributed by atoms with E-state index >= 15 is 0 Å². The fourth-order valence-corrected chi connectivity index (χ4v) is 5.27. The summed E-state index contributed by atoms with van der Waals surface area (Å²) in [5, 5.41) is 0. The number of hydrogen-bond donors (Lipinski definition) is 0. The summed E-state index contributed by atoms with van der Waals surface area (Å²) in [5.74, 6) is 0.177. The van der Waals surface area contributed by atoms with Crippen molar-refractivity contribution in [3.05, 3.63) is 59.7 Å². The van der Waals surface area contributed by atoms with Crippen LogP contribution >= 0.6 is 0 Å². The molecule has 0 spiro atoms. The van der Waals surface area contributed by atoms with Gasteiger partial charge in [0.2, 0.25) is 12.7 Å². The van der Waals surface area contributed by atoms with Crippen molar-refractivity contribution in [2.75, 3.05) is 13.4 Å². The molecule has 8 heteroatoms. The summed E-state index contributed by atoms with van der Waals surface area (Å²) in [6.45, 7) is 10.6. The molecule has 2 aromatic carbocycles. The molecule has 2 aliphatic rings. The summed E-state index contributed by atoms with van der Waals surface area (Å²) >= 11 is 0. The topological polar surface area (TPSA) is 74.3 Å². The van der Waals surface area contributed by atoms with Crippen molar-refractivity contribution in [2.45, 2.75) is 51.6 Å². The minimum absolute atomic E-state index is 0.0610. The lowest BCUT2D eigenvalue weighted by atomic mass is 9.87. The molecule has 0 saturated carbocycles. The molecule has 1 saturated heterocycles. The van der Waals surface area contributed by atoms with Crippen molar-refractivity contribution < 1.29 is 28.2 Å². The van der Waals surface area contributed by atoms with Crippen LogP contribution in [0, 0.1) is 5.92 Å². The van der Waals surface area contributed by atoms with Crippen molar-refractivity contribution in [3.8, 4) is 11.5 Å². The van der Waals surface area contributed by atoms with E-state index in [0.717, 1.165) is 5.56 Å². The molecule has 0 N–H and O–H groups in total. The largest absolute Gasteiger partial charge is 0.454 e. The van der Waals surface area contributed by atoms with Crippen molar-refractivity contribution in [1.29, 1.82) is 0 Å². The van der Waals surface area contributed by atoms with Crippen LogP contribution in [0.5, 0.6) is 11.5 Å². The Morgan fingerprint density at radius 1 is 1.00 bits per heavy atom. The maximum atomic E-state index is 14.2. The van der Waals surface area contributed by atoms with E-state index in [2.05, 4.69) is 19.6 Å². The number of hydrogen-bond acceptors (Lipinski definition) is 6. The summed E-state index contributed by atoms with van der Waals surface area (Å²) in [5.41, 5.74) is 1.59. The molecule has 2 aliphatic heterocycles. The molecule has 33 heavy (non-hydrogen) atoms. The zero-order valence-electron chi connectivity index (χ0n) is 19.7. The molecular formula is C25H31NO6Si. The van der Waals surface area contributed by atoms with Gasteiger partial charge < -0.3 is 18.6 Å². The first-order chi connectivity index (χ1) is 15.7. The highest BCUT2D eigenvalue weighted by molar-refractivity contribution is 6.69. The smallest absolute Gasteiger partial charge is 0.417 e. The van der Waals surface area contributed by atoms with Gasteiger partial charge in [0.05, 0.1) is 18.1 Å². The molecule has 2 aromatic rings. The highest BCUT2D eigenvalue weighted by Gasteiger charge is 2.46. The zero-order chi connectivity index (χ0) is 23.8. The van der Waals surface area contributed by atoms with E-state index < -0.39 is 26.4 Å². The van der Waals surface area contributed by atoms with E-state index in [9.17, 15) is 9.59 Å². The predicted octanol–water partition coefficient (Wildman–Crippen LogP) is 5.10. The van der Waals surface area contributed by atoms with Gasteiger partial charge in [-0.15, -0.1) is 0 Å². The van der Waals surface area contributed by atoms with Crippen molar-refractivity contribution in [2.24, 2.45) is 5.92 Å². The van der Waals surface area contributed by atoms with Crippen molar-refractivity contribution in [3.63, 3.8) is 0 Å². The van der Waals surface area contributed by atoms with E-state index in [4.69, 9.17) is 18.6 Å². The third-order valence-electron chi connectivity index (χ3n) is 5.85. The van der Waals surface area contributed by atoms with Gasteiger partial charge in [0, 0.05) is 0 Å². The Balaban J connectivity index is 1.84. The van der Waals surface area contributed by atoms with Gasteiger partial charge >= 0.3 is 6.09 Å². The number of ether oxygens (including phenoxy) is 3. The van der Waals surface area contributed by atoms with Crippen molar-refractivity contribution in [1.82, 2.24) is 4.90 Å². The number of amides is 2. The Morgan fingerprint density at radius 3 is 2.36 bits per heavy atom. The second-order valence-corrected chi connectivity index (χ2v) is 14.2. The lowest BCUT2D eigenvalue weighted by molar-refractivity contribution is -0.133. The Kier molecular flexibility index (Phi) is 6.49. The number of fused-ring (bicyclic) bond motifs is 1. The van der Waals surface area contributed by atoms with Gasteiger partial charge in [0.1, 0.15) is 6.61 Å². The normalized spacial score (nSPS) is 19.5. The van der Waals surface area contributed by atoms with E-state index in [1.54, 1.807) is 6.07 Å². The van der Waals surface area contributed by atoms with Gasteiger partial charge in [-0.2, -0.15) is 0 Å². The Bertz CT molecular complexity index is 1020. The lowest BCUT2D eigenvalue weighted by Gasteiger charge is -2.35. The van der Waals surface area contributed by atoms with E-state index in [0.29, 0.717) is 17.1 Å². The zero-order valence-corrected chi connectivity index (χ0v) is 20.7. The fraction of sp³-hybridized carbons (Fsp3) is 0.440. The molecule has 3 atom stereocenters. The SMILES string of the molecule is CC(C)[C@H]1COC(=O)N1C(=O)[C@H](c1ccc2c(c1)OCO2)[C@H](O[Si](C)(C)C)c1ccccc1. The highest BCUT2D eigenvalue weighted by Crippen LogP contribution is 2.43. The molecule has 4 rings (SSSR count). The van der Waals surface area contributed by atoms with E-state index in [1.807, 2.05) is 56.3 Å². The number of imide groups is 1. The predicted molar refractivity (Wildman–Crippen MR) is 126 cm³/mol. The van der Waals surface area contributed by atoms with Gasteiger partial charge in [-0.3, -0.25) is 4.79 Å². The number of carbonyl (C=O) groups excluding carboxylic acids is 2. The standard InChI is InChI=1S/C25H31NO6Si/c1-16(2)19-14-29-25(28)26(19)24(27)22(18-11-12-20-21(13-18)31-15-30-20)23(32-33(3,4)5)17-9-7-6-8-10-17/h6-13,16,19,22-23H,14-15H2,1-5H3/t19-,22-,23-/m1/s1. The summed E-state index contributed by atoms with van der Waals surface area (Å²) in [4.78, 5) is 28.1. The number of carbonyl (C=O) groups is 2. The number of benzene rings is 2. The molecular weight excluding hydrogens is 438 g/mol.